The summed E-state index contributed by atoms with van der Waals surface area (Å²) in [6.07, 6.45) is 0. The van der Waals surface area contributed by atoms with Gasteiger partial charge in [-0.1, -0.05) is 30.3 Å². The molecule has 0 saturated carbocycles. The van der Waals surface area contributed by atoms with Crippen LogP contribution in [0, 0.1) is 10.1 Å². The number of nitrogens with zero attached hydrogens (tertiary/aromatic N) is 2. The molecular weight excluding hydrogens is 386 g/mol. The molecule has 2 aromatic rings. The van der Waals surface area contributed by atoms with Crippen molar-refractivity contribution in [1.82, 2.24) is 4.31 Å². The van der Waals surface area contributed by atoms with Crippen molar-refractivity contribution < 1.29 is 18.2 Å². The lowest BCUT2D eigenvalue weighted by Crippen LogP contribution is -3.12. The van der Waals surface area contributed by atoms with Crippen LogP contribution in [-0.4, -0.2) is 50.9 Å². The second-order valence-corrected chi connectivity index (χ2v) is 9.48. The lowest BCUT2D eigenvalue weighted by atomic mass is 10.2. The fraction of sp³-hybridized carbons (Fsp3) is 0.333. The number of quaternary nitrogens is 1. The second kappa shape index (κ2) is 8.39. The van der Waals surface area contributed by atoms with Gasteiger partial charge in [-0.2, -0.15) is 4.31 Å². The van der Waals surface area contributed by atoms with Crippen LogP contribution in [-0.2, 0) is 15.8 Å². The summed E-state index contributed by atoms with van der Waals surface area (Å²) < 4.78 is 27.1. The SMILES string of the molecule is C[NH+]1CCN(S(=O)(=O)c2ccc(SCc3ccccc3)c([N+](=O)[O-])c2)CC1. The topological polar surface area (TPSA) is 85.0 Å². The third-order valence-corrected chi connectivity index (χ3v) is 7.61. The highest BCUT2D eigenvalue weighted by molar-refractivity contribution is 7.98. The maximum Gasteiger partial charge on any atom is 0.284 e. The molecule has 0 amide bonds. The molecule has 1 heterocycles. The van der Waals surface area contributed by atoms with E-state index in [0.717, 1.165) is 18.7 Å². The van der Waals surface area contributed by atoms with Gasteiger partial charge in [0, 0.05) is 11.8 Å². The fourth-order valence-corrected chi connectivity index (χ4v) is 5.34. The number of hydrogen-bond donors (Lipinski definition) is 1. The first-order valence-electron chi connectivity index (χ1n) is 8.64. The number of benzene rings is 2. The molecule has 0 aliphatic carbocycles. The molecule has 2 aromatic carbocycles. The summed E-state index contributed by atoms with van der Waals surface area (Å²) in [5.74, 6) is 0.578. The Morgan fingerprint density at radius 1 is 1.15 bits per heavy atom. The van der Waals surface area contributed by atoms with E-state index < -0.39 is 14.9 Å². The molecule has 1 N–H and O–H groups in total. The Hall–Kier alpha value is -1.94. The predicted molar refractivity (Wildman–Crippen MR) is 104 cm³/mol. The molecule has 0 spiro atoms. The average Bonchev–Trinajstić information content (AvgIpc) is 2.67. The molecule has 1 saturated heterocycles. The first-order chi connectivity index (χ1) is 12.9. The molecule has 1 aliphatic rings. The summed E-state index contributed by atoms with van der Waals surface area (Å²) in [6, 6.07) is 13.8. The lowest BCUT2D eigenvalue weighted by Gasteiger charge is -2.29. The Labute approximate surface area is 163 Å². The third-order valence-electron chi connectivity index (χ3n) is 4.58. The van der Waals surface area contributed by atoms with E-state index in [1.807, 2.05) is 37.4 Å². The molecule has 7 nitrogen and oxygen atoms in total. The number of nitro groups is 1. The fourth-order valence-electron chi connectivity index (χ4n) is 2.92. The van der Waals surface area contributed by atoms with Crippen molar-refractivity contribution in [2.24, 2.45) is 0 Å². The first-order valence-corrected chi connectivity index (χ1v) is 11.1. The zero-order chi connectivity index (χ0) is 19.4. The first kappa shape index (κ1) is 19.8. The Kier molecular flexibility index (Phi) is 6.15. The molecule has 9 heteroatoms. The highest BCUT2D eigenvalue weighted by Crippen LogP contribution is 2.34. The summed E-state index contributed by atoms with van der Waals surface area (Å²) in [5, 5.41) is 11.5. The van der Waals surface area contributed by atoms with Crippen LogP contribution in [0.1, 0.15) is 5.56 Å². The molecule has 0 atom stereocenters. The van der Waals surface area contributed by atoms with E-state index in [4.69, 9.17) is 0 Å². The number of nitro benzene ring substituents is 1. The van der Waals surface area contributed by atoms with Crippen molar-refractivity contribution in [1.29, 1.82) is 0 Å². The van der Waals surface area contributed by atoms with Gasteiger partial charge < -0.3 is 4.90 Å². The van der Waals surface area contributed by atoms with Crippen LogP contribution >= 0.6 is 11.8 Å². The number of hydrogen-bond acceptors (Lipinski definition) is 5. The van der Waals surface area contributed by atoms with Crippen molar-refractivity contribution in [2.75, 3.05) is 33.2 Å². The Balaban J connectivity index is 1.83. The molecule has 0 unspecified atom stereocenters. The minimum atomic E-state index is -3.72. The molecule has 1 fully saturated rings. The minimum absolute atomic E-state index is 0.0159. The lowest BCUT2D eigenvalue weighted by molar-refractivity contribution is -0.883. The summed E-state index contributed by atoms with van der Waals surface area (Å²) in [7, 11) is -1.70. The van der Waals surface area contributed by atoms with Gasteiger partial charge in [-0.05, 0) is 17.7 Å². The molecule has 0 aromatic heterocycles. The summed E-state index contributed by atoms with van der Waals surface area (Å²) >= 11 is 1.33. The number of likely N-dealkylation sites (N-methyl/N-ethyl adjacent to an activating group) is 1. The third kappa shape index (κ3) is 4.67. The Bertz CT molecular complexity index is 911. The van der Waals surface area contributed by atoms with Gasteiger partial charge in [0.1, 0.15) is 0 Å². The van der Waals surface area contributed by atoms with Gasteiger partial charge in [0.05, 0.1) is 47.9 Å². The largest absolute Gasteiger partial charge is 0.335 e. The Morgan fingerprint density at radius 2 is 1.81 bits per heavy atom. The quantitative estimate of drug-likeness (QED) is 0.444. The maximum absolute atomic E-state index is 12.8. The van der Waals surface area contributed by atoms with Gasteiger partial charge >= 0.3 is 0 Å². The molecule has 0 bridgehead atoms. The predicted octanol–water partition coefficient (Wildman–Crippen LogP) is 1.41. The number of rotatable bonds is 6. The van der Waals surface area contributed by atoms with Gasteiger partial charge in [0.25, 0.3) is 5.69 Å². The van der Waals surface area contributed by atoms with E-state index in [0.29, 0.717) is 23.7 Å². The monoisotopic (exact) mass is 408 g/mol. The van der Waals surface area contributed by atoms with E-state index in [9.17, 15) is 18.5 Å². The maximum atomic E-state index is 12.8. The van der Waals surface area contributed by atoms with Crippen LogP contribution < -0.4 is 4.90 Å². The van der Waals surface area contributed by atoms with Crippen molar-refractivity contribution in [3.8, 4) is 0 Å². The molecule has 1 aliphatic heterocycles. The van der Waals surface area contributed by atoms with Crippen LogP contribution in [0.4, 0.5) is 5.69 Å². The van der Waals surface area contributed by atoms with Gasteiger partial charge in [-0.3, -0.25) is 10.1 Å². The number of sulfonamides is 1. The number of nitrogens with one attached hydrogen (secondary N) is 1. The van der Waals surface area contributed by atoms with E-state index in [1.54, 1.807) is 6.07 Å². The van der Waals surface area contributed by atoms with Crippen molar-refractivity contribution >= 4 is 27.5 Å². The van der Waals surface area contributed by atoms with E-state index in [-0.39, 0.29) is 10.6 Å². The highest BCUT2D eigenvalue weighted by Gasteiger charge is 2.31. The van der Waals surface area contributed by atoms with Crippen molar-refractivity contribution in [3.63, 3.8) is 0 Å². The standard InChI is InChI=1S/C18H21N3O4S2/c1-19-9-11-20(12-10-19)27(24,25)16-7-8-18(17(13-16)21(22)23)26-14-15-5-3-2-4-6-15/h2-8,13H,9-12,14H2,1H3/p+1. The zero-order valence-electron chi connectivity index (χ0n) is 15.0. The van der Waals surface area contributed by atoms with Crippen molar-refractivity contribution in [3.05, 3.63) is 64.2 Å². The normalized spacial score (nSPS) is 16.3. The summed E-state index contributed by atoms with van der Waals surface area (Å²) in [6.45, 7) is 2.30. The van der Waals surface area contributed by atoms with Crippen LogP contribution in [0.25, 0.3) is 0 Å². The van der Waals surface area contributed by atoms with E-state index >= 15 is 0 Å². The molecule has 0 radical (unpaired) electrons. The molecule has 27 heavy (non-hydrogen) atoms. The van der Waals surface area contributed by atoms with E-state index in [1.165, 1.54) is 33.1 Å². The number of piperazine rings is 1. The van der Waals surface area contributed by atoms with Gasteiger partial charge in [-0.25, -0.2) is 8.42 Å². The Morgan fingerprint density at radius 3 is 2.44 bits per heavy atom. The van der Waals surface area contributed by atoms with Crippen LogP contribution in [0.2, 0.25) is 0 Å². The number of thioether (sulfide) groups is 1. The van der Waals surface area contributed by atoms with Crippen LogP contribution in [0.15, 0.2) is 58.3 Å². The van der Waals surface area contributed by atoms with E-state index in [2.05, 4.69) is 0 Å². The molecule has 144 valence electrons. The zero-order valence-corrected chi connectivity index (χ0v) is 16.6. The van der Waals surface area contributed by atoms with Gasteiger partial charge in [0.15, 0.2) is 0 Å². The van der Waals surface area contributed by atoms with Crippen molar-refractivity contribution in [2.45, 2.75) is 15.5 Å². The summed E-state index contributed by atoms with van der Waals surface area (Å²) in [5.41, 5.74) is 0.880. The van der Waals surface area contributed by atoms with Gasteiger partial charge in [0.2, 0.25) is 10.0 Å². The van der Waals surface area contributed by atoms with Crippen LogP contribution in [0.5, 0.6) is 0 Å². The molecule has 3 rings (SSSR count). The minimum Gasteiger partial charge on any atom is -0.335 e. The summed E-state index contributed by atoms with van der Waals surface area (Å²) in [4.78, 5) is 12.7. The highest BCUT2D eigenvalue weighted by atomic mass is 32.2. The van der Waals surface area contributed by atoms with Crippen LogP contribution in [0.3, 0.4) is 0 Å². The average molecular weight is 409 g/mol. The second-order valence-electron chi connectivity index (χ2n) is 6.52. The molecular formula is C18H22N3O4S2+. The smallest absolute Gasteiger partial charge is 0.284 e. The van der Waals surface area contributed by atoms with Gasteiger partial charge in [-0.15, -0.1) is 11.8 Å².